The monoisotopic (exact) mass is 286 g/mol. The van der Waals surface area contributed by atoms with Crippen molar-refractivity contribution >= 4 is 11.6 Å². The molecule has 0 aliphatic heterocycles. The second-order valence-electron chi connectivity index (χ2n) is 3.96. The van der Waals surface area contributed by atoms with E-state index in [0.29, 0.717) is 17.0 Å². The van der Waals surface area contributed by atoms with Crippen LogP contribution in [-0.4, -0.2) is 6.36 Å². The summed E-state index contributed by atoms with van der Waals surface area (Å²) >= 11 is 5.76. The third-order valence-corrected chi connectivity index (χ3v) is 2.76. The molecule has 19 heavy (non-hydrogen) atoms. The van der Waals surface area contributed by atoms with Crippen molar-refractivity contribution in [2.45, 2.75) is 12.8 Å². The number of hydrogen-bond acceptors (Lipinski definition) is 1. The highest BCUT2D eigenvalue weighted by Gasteiger charge is 2.31. The highest BCUT2D eigenvalue weighted by Crippen LogP contribution is 2.28. The Kier molecular flexibility index (Phi) is 4.00. The van der Waals surface area contributed by atoms with Gasteiger partial charge in [0.2, 0.25) is 0 Å². The lowest BCUT2D eigenvalue weighted by Crippen LogP contribution is -2.18. The lowest BCUT2D eigenvalue weighted by atomic mass is 10.0. The van der Waals surface area contributed by atoms with Gasteiger partial charge in [0.15, 0.2) is 0 Å². The Hall–Kier alpha value is -1.68. The third-order valence-electron chi connectivity index (χ3n) is 2.51. The summed E-state index contributed by atoms with van der Waals surface area (Å²) < 4.78 is 40.8. The average molecular weight is 287 g/mol. The van der Waals surface area contributed by atoms with Crippen molar-refractivity contribution in [1.29, 1.82) is 0 Å². The molecular weight excluding hydrogens is 277 g/mol. The van der Waals surface area contributed by atoms with Gasteiger partial charge in [-0.25, -0.2) is 0 Å². The van der Waals surface area contributed by atoms with Gasteiger partial charge in [-0.15, -0.1) is 13.2 Å². The fourth-order valence-electron chi connectivity index (χ4n) is 1.70. The normalized spacial score (nSPS) is 11.4. The summed E-state index contributed by atoms with van der Waals surface area (Å²) in [5, 5.41) is 0.587. The molecule has 0 bridgehead atoms. The molecular formula is C14H10ClF3O. The van der Waals surface area contributed by atoms with Crippen molar-refractivity contribution in [2.75, 3.05) is 0 Å². The minimum absolute atomic E-state index is 0.176. The zero-order valence-electron chi connectivity index (χ0n) is 9.75. The van der Waals surface area contributed by atoms with Crippen LogP contribution in [0.3, 0.4) is 0 Å². The summed E-state index contributed by atoms with van der Waals surface area (Å²) in [4.78, 5) is 0. The second-order valence-corrected chi connectivity index (χ2v) is 4.40. The van der Waals surface area contributed by atoms with Gasteiger partial charge >= 0.3 is 6.36 Å². The highest BCUT2D eigenvalue weighted by atomic mass is 35.5. The number of rotatable bonds is 3. The molecule has 0 saturated heterocycles. The predicted octanol–water partition coefficient (Wildman–Crippen LogP) is 4.83. The fourth-order valence-corrected chi connectivity index (χ4v) is 1.82. The van der Waals surface area contributed by atoms with Gasteiger partial charge in [0.05, 0.1) is 0 Å². The molecule has 0 aliphatic carbocycles. The number of hydrogen-bond donors (Lipinski definition) is 0. The Morgan fingerprint density at radius 2 is 1.58 bits per heavy atom. The van der Waals surface area contributed by atoms with Crippen LogP contribution in [0.25, 0.3) is 0 Å². The maximum atomic E-state index is 12.3. The first-order chi connectivity index (χ1) is 8.94. The molecule has 0 fully saturated rings. The van der Waals surface area contributed by atoms with Crippen molar-refractivity contribution in [2.24, 2.45) is 0 Å². The van der Waals surface area contributed by atoms with Gasteiger partial charge in [-0.05, 0) is 29.3 Å². The van der Waals surface area contributed by atoms with Gasteiger partial charge < -0.3 is 4.74 Å². The van der Waals surface area contributed by atoms with Crippen LogP contribution in [0.2, 0.25) is 5.02 Å². The Labute approximate surface area is 113 Å². The van der Waals surface area contributed by atoms with Crippen LogP contribution >= 0.6 is 11.6 Å². The summed E-state index contributed by atoms with van der Waals surface area (Å²) in [6.07, 6.45) is -4.33. The summed E-state index contributed by atoms with van der Waals surface area (Å²) in [6, 6.07) is 13.0. The SMILES string of the molecule is FC(F)(F)Oc1ccccc1Cc1ccc(Cl)cc1. The van der Waals surface area contributed by atoms with Crippen molar-refractivity contribution in [3.8, 4) is 5.75 Å². The van der Waals surface area contributed by atoms with E-state index in [4.69, 9.17) is 11.6 Å². The molecule has 100 valence electrons. The van der Waals surface area contributed by atoms with Crippen molar-refractivity contribution in [3.05, 3.63) is 64.7 Å². The number of para-hydroxylation sites is 1. The molecule has 0 spiro atoms. The highest BCUT2D eigenvalue weighted by molar-refractivity contribution is 6.30. The van der Waals surface area contributed by atoms with Crippen molar-refractivity contribution in [1.82, 2.24) is 0 Å². The first-order valence-corrected chi connectivity index (χ1v) is 5.90. The van der Waals surface area contributed by atoms with Gasteiger partial charge in [-0.1, -0.05) is 41.9 Å². The van der Waals surface area contributed by atoms with Crippen molar-refractivity contribution in [3.63, 3.8) is 0 Å². The maximum absolute atomic E-state index is 12.3. The Balaban J connectivity index is 2.22. The molecule has 2 aromatic rings. The standard InChI is InChI=1S/C14H10ClF3O/c15-12-7-5-10(6-8-12)9-11-3-1-2-4-13(11)19-14(16,17)18/h1-8H,9H2. The van der Waals surface area contributed by atoms with E-state index >= 15 is 0 Å². The molecule has 0 radical (unpaired) electrons. The molecule has 2 aromatic carbocycles. The molecule has 0 aliphatic rings. The first-order valence-electron chi connectivity index (χ1n) is 5.52. The molecule has 0 unspecified atom stereocenters. The average Bonchev–Trinajstić information content (AvgIpc) is 2.33. The van der Waals surface area contributed by atoms with Crippen LogP contribution in [0.4, 0.5) is 13.2 Å². The van der Waals surface area contributed by atoms with Gasteiger partial charge in [0.25, 0.3) is 0 Å². The predicted molar refractivity (Wildman–Crippen MR) is 67.4 cm³/mol. The van der Waals surface area contributed by atoms with Crippen LogP contribution in [0.5, 0.6) is 5.75 Å². The molecule has 0 amide bonds. The summed E-state index contributed by atoms with van der Waals surface area (Å²) in [5.74, 6) is -0.176. The lowest BCUT2D eigenvalue weighted by Gasteiger charge is -2.13. The molecule has 1 nitrogen and oxygen atoms in total. The Morgan fingerprint density at radius 1 is 0.947 bits per heavy atom. The van der Waals surface area contributed by atoms with Crippen LogP contribution in [-0.2, 0) is 6.42 Å². The van der Waals surface area contributed by atoms with E-state index < -0.39 is 6.36 Å². The molecule has 0 atom stereocenters. The molecule has 0 N–H and O–H groups in total. The Bertz CT molecular complexity index is 549. The van der Waals surface area contributed by atoms with Crippen LogP contribution < -0.4 is 4.74 Å². The van der Waals surface area contributed by atoms with E-state index in [2.05, 4.69) is 4.74 Å². The minimum Gasteiger partial charge on any atom is -0.405 e. The van der Waals surface area contributed by atoms with Gasteiger partial charge in [-0.3, -0.25) is 0 Å². The first kappa shape index (κ1) is 13.7. The lowest BCUT2D eigenvalue weighted by molar-refractivity contribution is -0.274. The molecule has 0 heterocycles. The van der Waals surface area contributed by atoms with Gasteiger partial charge in [0, 0.05) is 11.4 Å². The largest absolute Gasteiger partial charge is 0.573 e. The number of halogens is 4. The molecule has 0 saturated carbocycles. The van der Waals surface area contributed by atoms with E-state index in [9.17, 15) is 13.2 Å². The number of ether oxygens (including phenoxy) is 1. The fraction of sp³-hybridized carbons (Fsp3) is 0.143. The second kappa shape index (κ2) is 5.53. The van der Waals surface area contributed by atoms with Gasteiger partial charge in [0.1, 0.15) is 5.75 Å². The van der Waals surface area contributed by atoms with E-state index in [0.717, 1.165) is 5.56 Å². The van der Waals surface area contributed by atoms with Crippen molar-refractivity contribution < 1.29 is 17.9 Å². The van der Waals surface area contributed by atoms with Gasteiger partial charge in [-0.2, -0.15) is 0 Å². The third kappa shape index (κ3) is 4.17. The number of benzene rings is 2. The quantitative estimate of drug-likeness (QED) is 0.785. The molecule has 5 heteroatoms. The van der Waals surface area contributed by atoms with E-state index in [1.54, 1.807) is 36.4 Å². The minimum atomic E-state index is -4.68. The topological polar surface area (TPSA) is 9.23 Å². The van der Waals surface area contributed by atoms with E-state index in [1.807, 2.05) is 0 Å². The number of alkyl halides is 3. The zero-order chi connectivity index (χ0) is 13.9. The van der Waals surface area contributed by atoms with Crippen LogP contribution in [0.1, 0.15) is 11.1 Å². The summed E-state index contributed by atoms with van der Waals surface area (Å²) in [7, 11) is 0. The summed E-state index contributed by atoms with van der Waals surface area (Å²) in [5.41, 5.74) is 1.34. The smallest absolute Gasteiger partial charge is 0.405 e. The maximum Gasteiger partial charge on any atom is 0.573 e. The van der Waals surface area contributed by atoms with Crippen LogP contribution in [0.15, 0.2) is 48.5 Å². The summed E-state index contributed by atoms with van der Waals surface area (Å²) in [6.45, 7) is 0. The molecule has 0 aromatic heterocycles. The van der Waals surface area contributed by atoms with Crippen LogP contribution in [0, 0.1) is 0 Å². The van der Waals surface area contributed by atoms with E-state index in [1.165, 1.54) is 12.1 Å². The van der Waals surface area contributed by atoms with E-state index in [-0.39, 0.29) is 5.75 Å². The Morgan fingerprint density at radius 3 is 2.21 bits per heavy atom. The zero-order valence-corrected chi connectivity index (χ0v) is 10.5. The molecule has 2 rings (SSSR count).